The predicted octanol–water partition coefficient (Wildman–Crippen LogP) is 2.60. The maximum absolute atomic E-state index is 6.01. The summed E-state index contributed by atoms with van der Waals surface area (Å²) in [6.07, 6.45) is 2.15. The van der Waals surface area contributed by atoms with Gasteiger partial charge in [0.15, 0.2) is 0 Å². The number of hydrogen-bond acceptors (Lipinski definition) is 2. The van der Waals surface area contributed by atoms with Crippen molar-refractivity contribution in [3.05, 3.63) is 35.9 Å². The van der Waals surface area contributed by atoms with Crippen molar-refractivity contribution < 1.29 is 0 Å². The molecule has 0 amide bonds. The average Bonchev–Trinajstić information content (AvgIpc) is 2.63. The Labute approximate surface area is 91.4 Å². The fourth-order valence-corrected chi connectivity index (χ4v) is 2.11. The fourth-order valence-electron chi connectivity index (χ4n) is 2.11. The Kier molecular flexibility index (Phi) is 2.67. The van der Waals surface area contributed by atoms with Gasteiger partial charge < -0.3 is 10.6 Å². The molecule has 0 spiro atoms. The van der Waals surface area contributed by atoms with E-state index in [2.05, 4.69) is 24.5 Å². The van der Waals surface area contributed by atoms with Crippen molar-refractivity contribution in [2.24, 2.45) is 0 Å². The molecule has 2 N–H and O–H groups in total. The van der Waals surface area contributed by atoms with Crippen LogP contribution in [0.3, 0.4) is 0 Å². The Morgan fingerprint density at radius 2 is 2.33 bits per heavy atom. The Hall–Kier alpha value is -1.44. The van der Waals surface area contributed by atoms with Crippen molar-refractivity contribution in [3.63, 3.8) is 0 Å². The maximum Gasteiger partial charge on any atom is 0.0636 e. The summed E-state index contributed by atoms with van der Waals surface area (Å²) in [5, 5.41) is 0. The monoisotopic (exact) mass is 202 g/mol. The van der Waals surface area contributed by atoms with Gasteiger partial charge in [0.05, 0.1) is 11.4 Å². The number of anilines is 2. The number of benzene rings is 1. The van der Waals surface area contributed by atoms with Gasteiger partial charge in [0.25, 0.3) is 0 Å². The van der Waals surface area contributed by atoms with Gasteiger partial charge in [-0.25, -0.2) is 0 Å². The van der Waals surface area contributed by atoms with E-state index in [1.165, 1.54) is 16.8 Å². The molecule has 0 radical (unpaired) electrons. The van der Waals surface area contributed by atoms with Gasteiger partial charge in [0, 0.05) is 13.1 Å². The van der Waals surface area contributed by atoms with E-state index >= 15 is 0 Å². The summed E-state index contributed by atoms with van der Waals surface area (Å²) in [5.41, 5.74) is 10.8. The van der Waals surface area contributed by atoms with E-state index in [0.29, 0.717) is 0 Å². The van der Waals surface area contributed by atoms with Crippen molar-refractivity contribution in [2.45, 2.75) is 19.8 Å². The zero-order valence-corrected chi connectivity index (χ0v) is 9.29. The van der Waals surface area contributed by atoms with E-state index in [-0.39, 0.29) is 0 Å². The Morgan fingerprint density at radius 3 is 3.07 bits per heavy atom. The normalized spacial score (nSPS) is 14.1. The molecule has 0 unspecified atom stereocenters. The Bertz CT molecular complexity index is 382. The fraction of sp³-hybridized carbons (Fsp3) is 0.385. The second-order valence-corrected chi connectivity index (χ2v) is 4.13. The topological polar surface area (TPSA) is 29.3 Å². The van der Waals surface area contributed by atoms with E-state index in [0.717, 1.165) is 31.6 Å². The van der Waals surface area contributed by atoms with Crippen LogP contribution in [0.25, 0.3) is 0 Å². The van der Waals surface area contributed by atoms with Gasteiger partial charge in [-0.05, 0) is 24.5 Å². The summed E-state index contributed by atoms with van der Waals surface area (Å²) in [7, 11) is 0. The molecule has 1 aliphatic heterocycles. The third-order valence-electron chi connectivity index (χ3n) is 3.03. The second kappa shape index (κ2) is 3.97. The van der Waals surface area contributed by atoms with Crippen LogP contribution >= 0.6 is 0 Å². The van der Waals surface area contributed by atoms with Gasteiger partial charge >= 0.3 is 0 Å². The Balaban J connectivity index is 2.24. The number of nitrogen functional groups attached to an aromatic ring is 1. The molecule has 0 bridgehead atoms. The summed E-state index contributed by atoms with van der Waals surface area (Å²) in [6.45, 7) is 8.22. The van der Waals surface area contributed by atoms with Crippen molar-refractivity contribution >= 4 is 11.4 Å². The number of nitrogens with zero attached hydrogens (tertiary/aromatic N) is 1. The lowest BCUT2D eigenvalue weighted by Crippen LogP contribution is -2.23. The quantitative estimate of drug-likeness (QED) is 0.603. The number of nitrogens with two attached hydrogens (primary N) is 1. The number of para-hydroxylation sites is 1. The molecule has 0 aliphatic carbocycles. The van der Waals surface area contributed by atoms with Crippen molar-refractivity contribution in [3.8, 4) is 0 Å². The highest BCUT2D eigenvalue weighted by molar-refractivity contribution is 5.74. The van der Waals surface area contributed by atoms with Crippen molar-refractivity contribution in [1.29, 1.82) is 0 Å². The van der Waals surface area contributed by atoms with Gasteiger partial charge in [-0.3, -0.25) is 0 Å². The SMILES string of the molecule is C=C(CC)CN1CCc2cccc(N)c21. The lowest BCUT2D eigenvalue weighted by atomic mass is 10.1. The highest BCUT2D eigenvalue weighted by Gasteiger charge is 2.20. The van der Waals surface area contributed by atoms with Crippen LogP contribution in [0.5, 0.6) is 0 Å². The molecule has 2 heteroatoms. The molecule has 0 saturated carbocycles. The molecular formula is C13H18N2. The van der Waals surface area contributed by atoms with Crippen LogP contribution in [0, 0.1) is 0 Å². The molecule has 0 atom stereocenters. The molecule has 2 rings (SSSR count). The molecule has 0 aromatic heterocycles. The van der Waals surface area contributed by atoms with Gasteiger partial charge in [-0.2, -0.15) is 0 Å². The molecule has 0 saturated heterocycles. The molecule has 80 valence electrons. The minimum Gasteiger partial charge on any atom is -0.397 e. The average molecular weight is 202 g/mol. The number of fused-ring (bicyclic) bond motifs is 1. The molecule has 2 nitrogen and oxygen atoms in total. The predicted molar refractivity (Wildman–Crippen MR) is 66.2 cm³/mol. The largest absolute Gasteiger partial charge is 0.397 e. The molecule has 1 aromatic rings. The van der Waals surface area contributed by atoms with E-state index in [4.69, 9.17) is 5.73 Å². The second-order valence-electron chi connectivity index (χ2n) is 4.13. The lowest BCUT2D eigenvalue weighted by Gasteiger charge is -2.21. The van der Waals surface area contributed by atoms with Crippen LogP contribution in [-0.2, 0) is 6.42 Å². The van der Waals surface area contributed by atoms with Gasteiger partial charge in [-0.15, -0.1) is 0 Å². The summed E-state index contributed by atoms with van der Waals surface area (Å²) in [5.74, 6) is 0. The standard InChI is InChI=1S/C13H18N2/c1-3-10(2)9-15-8-7-11-5-4-6-12(14)13(11)15/h4-6H,2-3,7-9,14H2,1H3. The maximum atomic E-state index is 6.01. The number of hydrogen-bond donors (Lipinski definition) is 1. The van der Waals surface area contributed by atoms with Gasteiger partial charge in [0.1, 0.15) is 0 Å². The minimum absolute atomic E-state index is 0.897. The van der Waals surface area contributed by atoms with Crippen molar-refractivity contribution in [2.75, 3.05) is 23.7 Å². The molecule has 15 heavy (non-hydrogen) atoms. The zero-order chi connectivity index (χ0) is 10.8. The van der Waals surface area contributed by atoms with Crippen LogP contribution in [0.2, 0.25) is 0 Å². The van der Waals surface area contributed by atoms with Crippen LogP contribution in [0.4, 0.5) is 11.4 Å². The molecule has 1 aromatic carbocycles. The van der Waals surface area contributed by atoms with Crippen LogP contribution in [0.15, 0.2) is 30.4 Å². The van der Waals surface area contributed by atoms with Crippen molar-refractivity contribution in [1.82, 2.24) is 0 Å². The minimum atomic E-state index is 0.897. The summed E-state index contributed by atoms with van der Waals surface area (Å²) >= 11 is 0. The molecule has 1 aliphatic rings. The van der Waals surface area contributed by atoms with E-state index in [1.54, 1.807) is 0 Å². The van der Waals surface area contributed by atoms with E-state index < -0.39 is 0 Å². The highest BCUT2D eigenvalue weighted by atomic mass is 15.2. The Morgan fingerprint density at radius 1 is 1.53 bits per heavy atom. The van der Waals surface area contributed by atoms with E-state index in [9.17, 15) is 0 Å². The van der Waals surface area contributed by atoms with Gasteiger partial charge in [-0.1, -0.05) is 31.2 Å². The zero-order valence-electron chi connectivity index (χ0n) is 9.29. The van der Waals surface area contributed by atoms with Crippen LogP contribution in [0.1, 0.15) is 18.9 Å². The summed E-state index contributed by atoms with van der Waals surface area (Å²) < 4.78 is 0. The lowest BCUT2D eigenvalue weighted by molar-refractivity contribution is 0.857. The smallest absolute Gasteiger partial charge is 0.0636 e. The third kappa shape index (κ3) is 1.84. The third-order valence-corrected chi connectivity index (χ3v) is 3.03. The number of rotatable bonds is 3. The summed E-state index contributed by atoms with van der Waals surface area (Å²) in [4.78, 5) is 2.34. The highest BCUT2D eigenvalue weighted by Crippen LogP contribution is 2.33. The summed E-state index contributed by atoms with van der Waals surface area (Å²) in [6, 6.07) is 6.18. The molecule has 1 heterocycles. The first-order valence-corrected chi connectivity index (χ1v) is 5.51. The van der Waals surface area contributed by atoms with E-state index in [1.807, 2.05) is 12.1 Å². The first kappa shape index (κ1) is 10.1. The van der Waals surface area contributed by atoms with Crippen LogP contribution < -0.4 is 10.6 Å². The van der Waals surface area contributed by atoms with Crippen LogP contribution in [-0.4, -0.2) is 13.1 Å². The molecule has 0 fully saturated rings. The molecular weight excluding hydrogens is 184 g/mol. The first-order chi connectivity index (χ1) is 7.22. The van der Waals surface area contributed by atoms with Gasteiger partial charge in [0.2, 0.25) is 0 Å². The first-order valence-electron chi connectivity index (χ1n) is 5.51.